The van der Waals surface area contributed by atoms with Gasteiger partial charge >= 0.3 is 0 Å². The molecule has 2 N–H and O–H groups in total. The topological polar surface area (TPSA) is 50.9 Å². The van der Waals surface area contributed by atoms with Crippen molar-refractivity contribution in [2.24, 2.45) is 16.6 Å². The van der Waals surface area contributed by atoms with E-state index in [9.17, 15) is 0 Å². The first-order valence-corrected chi connectivity index (χ1v) is 7.37. The van der Waals surface area contributed by atoms with Gasteiger partial charge in [0.1, 0.15) is 5.75 Å². The van der Waals surface area contributed by atoms with Crippen molar-refractivity contribution in [2.45, 2.75) is 26.2 Å². The number of ether oxygens (including phenoxy) is 1. The maximum absolute atomic E-state index is 6.06. The molecule has 0 amide bonds. The summed E-state index contributed by atoms with van der Waals surface area (Å²) in [7, 11) is 1.68. The van der Waals surface area contributed by atoms with Crippen LogP contribution in [0.4, 0.5) is 0 Å². The summed E-state index contributed by atoms with van der Waals surface area (Å²) in [6, 6.07) is 8.11. The van der Waals surface area contributed by atoms with Gasteiger partial charge in [-0.1, -0.05) is 19.1 Å². The molecule has 21 heavy (non-hydrogen) atoms. The molecule has 1 aromatic carbocycles. The minimum absolute atomic E-state index is 0. The number of guanidine groups is 1. The van der Waals surface area contributed by atoms with Gasteiger partial charge in [0.25, 0.3) is 0 Å². The third kappa shape index (κ3) is 5.73. The molecular formula is C16H26IN3O. The Bertz CT molecular complexity index is 439. The first-order valence-electron chi connectivity index (χ1n) is 7.37. The molecule has 0 bridgehead atoms. The number of rotatable bonds is 4. The number of benzene rings is 1. The zero-order chi connectivity index (χ0) is 14.4. The predicted molar refractivity (Wildman–Crippen MR) is 98.6 cm³/mol. The van der Waals surface area contributed by atoms with Crippen molar-refractivity contribution in [3.8, 4) is 5.75 Å². The summed E-state index contributed by atoms with van der Waals surface area (Å²) in [5, 5.41) is 0. The SMILES string of the molecule is COc1ccc(CCN=C(N)N2CCC(C)CC2)cc1.I. The van der Waals surface area contributed by atoms with E-state index in [4.69, 9.17) is 10.5 Å². The fraction of sp³-hybridized carbons (Fsp3) is 0.562. The van der Waals surface area contributed by atoms with Crippen molar-refractivity contribution in [3.63, 3.8) is 0 Å². The number of likely N-dealkylation sites (tertiary alicyclic amines) is 1. The molecule has 4 nitrogen and oxygen atoms in total. The Balaban J connectivity index is 0.00000220. The number of nitrogens with zero attached hydrogens (tertiary/aromatic N) is 2. The van der Waals surface area contributed by atoms with E-state index in [2.05, 4.69) is 28.9 Å². The molecule has 2 rings (SSSR count). The highest BCUT2D eigenvalue weighted by Gasteiger charge is 2.16. The molecule has 1 aromatic rings. The number of piperidine rings is 1. The second kappa shape index (κ2) is 9.12. The van der Waals surface area contributed by atoms with Gasteiger partial charge in [0.2, 0.25) is 0 Å². The highest BCUT2D eigenvalue weighted by molar-refractivity contribution is 14.0. The number of aliphatic imine (C=N–C) groups is 1. The van der Waals surface area contributed by atoms with Crippen LogP contribution in [0.1, 0.15) is 25.3 Å². The van der Waals surface area contributed by atoms with Crippen LogP contribution >= 0.6 is 24.0 Å². The lowest BCUT2D eigenvalue weighted by Crippen LogP contribution is -2.42. The third-order valence-corrected chi connectivity index (χ3v) is 3.94. The molecule has 0 spiro atoms. The van der Waals surface area contributed by atoms with E-state index in [0.29, 0.717) is 5.96 Å². The fourth-order valence-corrected chi connectivity index (χ4v) is 2.43. The maximum Gasteiger partial charge on any atom is 0.191 e. The van der Waals surface area contributed by atoms with Crippen molar-refractivity contribution in [3.05, 3.63) is 29.8 Å². The summed E-state index contributed by atoms with van der Waals surface area (Å²) >= 11 is 0. The van der Waals surface area contributed by atoms with Crippen molar-refractivity contribution in [1.82, 2.24) is 4.90 Å². The summed E-state index contributed by atoms with van der Waals surface area (Å²) in [6.07, 6.45) is 3.35. The van der Waals surface area contributed by atoms with Crippen molar-refractivity contribution in [2.75, 3.05) is 26.7 Å². The van der Waals surface area contributed by atoms with Crippen LogP contribution in [-0.4, -0.2) is 37.6 Å². The van der Waals surface area contributed by atoms with Gasteiger partial charge in [-0.2, -0.15) is 0 Å². The van der Waals surface area contributed by atoms with Crippen LogP contribution < -0.4 is 10.5 Å². The minimum Gasteiger partial charge on any atom is -0.497 e. The minimum atomic E-state index is 0. The number of hydrogen-bond donors (Lipinski definition) is 1. The molecular weight excluding hydrogens is 377 g/mol. The van der Waals surface area contributed by atoms with Crippen LogP contribution in [0.25, 0.3) is 0 Å². The molecule has 0 unspecified atom stereocenters. The molecule has 118 valence electrons. The molecule has 0 saturated carbocycles. The molecule has 0 radical (unpaired) electrons. The molecule has 1 fully saturated rings. The lowest BCUT2D eigenvalue weighted by atomic mass is 10.00. The standard InChI is InChI=1S/C16H25N3O.HI/c1-13-8-11-19(12-9-13)16(17)18-10-7-14-3-5-15(20-2)6-4-14;/h3-6,13H,7-12H2,1-2H3,(H2,17,18);1H. The first kappa shape index (κ1) is 18.1. The third-order valence-electron chi connectivity index (χ3n) is 3.94. The molecule has 1 saturated heterocycles. The molecule has 0 atom stereocenters. The van der Waals surface area contributed by atoms with Crippen LogP contribution in [-0.2, 0) is 6.42 Å². The van der Waals surface area contributed by atoms with Gasteiger partial charge < -0.3 is 15.4 Å². The Hall–Kier alpha value is -0.980. The van der Waals surface area contributed by atoms with Gasteiger partial charge in [-0.25, -0.2) is 0 Å². The molecule has 0 aliphatic carbocycles. The Morgan fingerprint density at radius 2 is 1.90 bits per heavy atom. The average molecular weight is 403 g/mol. The van der Waals surface area contributed by atoms with Crippen LogP contribution in [0.2, 0.25) is 0 Å². The Morgan fingerprint density at radius 3 is 2.48 bits per heavy atom. The Morgan fingerprint density at radius 1 is 1.29 bits per heavy atom. The van der Waals surface area contributed by atoms with Crippen LogP contribution in [0, 0.1) is 5.92 Å². The van der Waals surface area contributed by atoms with Crippen molar-refractivity contribution in [1.29, 1.82) is 0 Å². The summed E-state index contributed by atoms with van der Waals surface area (Å²) in [4.78, 5) is 6.70. The van der Waals surface area contributed by atoms with E-state index in [-0.39, 0.29) is 24.0 Å². The second-order valence-corrected chi connectivity index (χ2v) is 5.51. The summed E-state index contributed by atoms with van der Waals surface area (Å²) < 4.78 is 5.15. The fourth-order valence-electron chi connectivity index (χ4n) is 2.43. The lowest BCUT2D eigenvalue weighted by Gasteiger charge is -2.31. The summed E-state index contributed by atoms with van der Waals surface area (Å²) in [5.74, 6) is 2.41. The number of methoxy groups -OCH3 is 1. The van der Waals surface area contributed by atoms with E-state index in [1.807, 2.05) is 12.1 Å². The molecule has 5 heteroatoms. The lowest BCUT2D eigenvalue weighted by molar-refractivity contribution is 0.277. The van der Waals surface area contributed by atoms with Gasteiger partial charge in [-0.05, 0) is 42.9 Å². The average Bonchev–Trinajstić information content (AvgIpc) is 2.48. The maximum atomic E-state index is 6.06. The number of halogens is 1. The van der Waals surface area contributed by atoms with Crippen molar-refractivity contribution >= 4 is 29.9 Å². The van der Waals surface area contributed by atoms with Gasteiger partial charge in [0.05, 0.1) is 7.11 Å². The smallest absolute Gasteiger partial charge is 0.191 e. The largest absolute Gasteiger partial charge is 0.497 e. The van der Waals surface area contributed by atoms with E-state index >= 15 is 0 Å². The summed E-state index contributed by atoms with van der Waals surface area (Å²) in [6.45, 7) is 5.12. The van der Waals surface area contributed by atoms with Crippen LogP contribution in [0.3, 0.4) is 0 Å². The number of hydrogen-bond acceptors (Lipinski definition) is 2. The quantitative estimate of drug-likeness (QED) is 0.478. The Kier molecular flexibility index (Phi) is 7.85. The predicted octanol–water partition coefficient (Wildman–Crippen LogP) is 2.90. The van der Waals surface area contributed by atoms with E-state index in [0.717, 1.165) is 37.7 Å². The van der Waals surface area contributed by atoms with Gasteiger partial charge in [-0.15, -0.1) is 24.0 Å². The van der Waals surface area contributed by atoms with Crippen molar-refractivity contribution < 1.29 is 4.74 Å². The monoisotopic (exact) mass is 403 g/mol. The second-order valence-electron chi connectivity index (χ2n) is 5.51. The molecule has 1 heterocycles. The molecule has 1 aliphatic heterocycles. The molecule has 1 aliphatic rings. The van der Waals surface area contributed by atoms with E-state index < -0.39 is 0 Å². The number of nitrogens with two attached hydrogens (primary N) is 1. The zero-order valence-electron chi connectivity index (χ0n) is 12.9. The first-order chi connectivity index (χ1) is 9.69. The highest BCUT2D eigenvalue weighted by Crippen LogP contribution is 2.15. The normalized spacial score (nSPS) is 16.5. The van der Waals surface area contributed by atoms with E-state index in [1.54, 1.807) is 7.11 Å². The van der Waals surface area contributed by atoms with Crippen LogP contribution in [0.5, 0.6) is 5.75 Å². The van der Waals surface area contributed by atoms with E-state index in [1.165, 1.54) is 18.4 Å². The van der Waals surface area contributed by atoms with Crippen LogP contribution in [0.15, 0.2) is 29.3 Å². The van der Waals surface area contributed by atoms with Gasteiger partial charge in [0, 0.05) is 19.6 Å². The van der Waals surface area contributed by atoms with Gasteiger partial charge in [0.15, 0.2) is 5.96 Å². The molecule has 0 aromatic heterocycles. The summed E-state index contributed by atoms with van der Waals surface area (Å²) in [5.41, 5.74) is 7.32. The zero-order valence-corrected chi connectivity index (χ0v) is 15.2. The Labute approximate surface area is 144 Å². The van der Waals surface area contributed by atoms with Gasteiger partial charge in [-0.3, -0.25) is 4.99 Å². The highest BCUT2D eigenvalue weighted by atomic mass is 127.